The molecule has 0 fully saturated rings. The molecule has 1 aromatic carbocycles. The molecule has 0 spiro atoms. The Balaban J connectivity index is 2.74. The van der Waals surface area contributed by atoms with Crippen LogP contribution < -0.4 is 5.73 Å². The highest BCUT2D eigenvalue weighted by atomic mass is 79.9. The number of rotatable bonds is 6. The molecule has 96 valence electrons. The lowest BCUT2D eigenvalue weighted by Gasteiger charge is -2.29. The fourth-order valence-electron chi connectivity index (χ4n) is 1.80. The van der Waals surface area contributed by atoms with E-state index in [1.165, 1.54) is 5.56 Å². The minimum Gasteiger partial charge on any atom is -0.329 e. The first-order valence-corrected chi connectivity index (χ1v) is 6.65. The molecular formula is C13H22BrN3. The predicted molar refractivity (Wildman–Crippen MR) is 77.1 cm³/mol. The van der Waals surface area contributed by atoms with Crippen LogP contribution in [0.25, 0.3) is 0 Å². The summed E-state index contributed by atoms with van der Waals surface area (Å²) in [6.45, 7) is 2.68. The van der Waals surface area contributed by atoms with Crippen molar-refractivity contribution in [3.8, 4) is 0 Å². The van der Waals surface area contributed by atoms with Crippen LogP contribution >= 0.6 is 15.9 Å². The molecule has 0 radical (unpaired) electrons. The zero-order valence-electron chi connectivity index (χ0n) is 10.9. The van der Waals surface area contributed by atoms with Gasteiger partial charge in [0.15, 0.2) is 0 Å². The van der Waals surface area contributed by atoms with Gasteiger partial charge in [0.05, 0.1) is 0 Å². The van der Waals surface area contributed by atoms with Crippen LogP contribution in [0.5, 0.6) is 0 Å². The van der Waals surface area contributed by atoms with E-state index in [1.54, 1.807) is 0 Å². The Hall–Kier alpha value is -0.420. The summed E-state index contributed by atoms with van der Waals surface area (Å²) in [6, 6.07) is 8.56. The van der Waals surface area contributed by atoms with Gasteiger partial charge in [-0.1, -0.05) is 34.1 Å². The molecule has 1 unspecified atom stereocenters. The molecule has 4 heteroatoms. The van der Waals surface area contributed by atoms with Gasteiger partial charge in [0.25, 0.3) is 0 Å². The molecular weight excluding hydrogens is 278 g/mol. The van der Waals surface area contributed by atoms with E-state index in [4.69, 9.17) is 5.73 Å². The first-order chi connectivity index (χ1) is 8.06. The Labute approximate surface area is 113 Å². The van der Waals surface area contributed by atoms with Gasteiger partial charge in [-0.05, 0) is 32.8 Å². The molecule has 1 atom stereocenters. The van der Waals surface area contributed by atoms with Crippen molar-refractivity contribution in [1.82, 2.24) is 9.80 Å². The summed E-state index contributed by atoms with van der Waals surface area (Å²) in [5.74, 6) is 0. The van der Waals surface area contributed by atoms with Crippen LogP contribution in [0.4, 0.5) is 0 Å². The summed E-state index contributed by atoms with van der Waals surface area (Å²) in [6.07, 6.45) is 0. The third-order valence-electron chi connectivity index (χ3n) is 2.92. The molecule has 2 N–H and O–H groups in total. The second-order valence-corrected chi connectivity index (χ2v) is 5.41. The molecule has 0 aromatic heterocycles. The van der Waals surface area contributed by atoms with Gasteiger partial charge in [0.2, 0.25) is 0 Å². The molecule has 17 heavy (non-hydrogen) atoms. The second-order valence-electron chi connectivity index (χ2n) is 4.56. The van der Waals surface area contributed by atoms with E-state index in [9.17, 15) is 0 Å². The number of nitrogens with two attached hydrogens (primary N) is 1. The van der Waals surface area contributed by atoms with Gasteiger partial charge < -0.3 is 10.6 Å². The normalized spacial score (nSPS) is 13.4. The molecule has 0 bridgehead atoms. The first-order valence-electron chi connectivity index (χ1n) is 5.85. The lowest BCUT2D eigenvalue weighted by atomic mass is 10.1. The number of hydrogen-bond donors (Lipinski definition) is 1. The van der Waals surface area contributed by atoms with Crippen molar-refractivity contribution in [1.29, 1.82) is 0 Å². The standard InChI is InChI=1S/C13H22BrN3/c1-16(2)8-9-17(3)13(10-15)11-6-4-5-7-12(11)14/h4-7,13H,8-10,15H2,1-3H3. The van der Waals surface area contributed by atoms with Gasteiger partial charge in [0.1, 0.15) is 0 Å². The number of likely N-dealkylation sites (N-methyl/N-ethyl adjacent to an activating group) is 2. The highest BCUT2D eigenvalue weighted by molar-refractivity contribution is 9.10. The van der Waals surface area contributed by atoms with E-state index in [1.807, 2.05) is 6.07 Å². The van der Waals surface area contributed by atoms with Crippen molar-refractivity contribution in [3.05, 3.63) is 34.3 Å². The summed E-state index contributed by atoms with van der Waals surface area (Å²) in [7, 11) is 6.30. The van der Waals surface area contributed by atoms with Gasteiger partial charge in [-0.25, -0.2) is 0 Å². The molecule has 0 aliphatic carbocycles. The van der Waals surface area contributed by atoms with E-state index in [0.717, 1.165) is 17.6 Å². The molecule has 0 heterocycles. The third-order valence-corrected chi connectivity index (χ3v) is 3.64. The molecule has 3 nitrogen and oxygen atoms in total. The van der Waals surface area contributed by atoms with E-state index in [2.05, 4.69) is 65.1 Å². The Morgan fingerprint density at radius 2 is 1.82 bits per heavy atom. The van der Waals surface area contributed by atoms with Crippen LogP contribution in [0.15, 0.2) is 28.7 Å². The molecule has 0 aliphatic heterocycles. The zero-order valence-corrected chi connectivity index (χ0v) is 12.4. The van der Waals surface area contributed by atoms with Crippen LogP contribution in [-0.4, -0.2) is 50.6 Å². The van der Waals surface area contributed by atoms with Crippen molar-refractivity contribution in [2.24, 2.45) is 5.73 Å². The molecule has 0 saturated heterocycles. The van der Waals surface area contributed by atoms with Crippen LogP contribution in [-0.2, 0) is 0 Å². The van der Waals surface area contributed by atoms with E-state index in [0.29, 0.717) is 6.54 Å². The smallest absolute Gasteiger partial charge is 0.0479 e. The fourth-order valence-corrected chi connectivity index (χ4v) is 2.35. The number of halogens is 1. The second kappa shape index (κ2) is 7.11. The van der Waals surface area contributed by atoms with Crippen LogP contribution in [0, 0.1) is 0 Å². The van der Waals surface area contributed by atoms with E-state index < -0.39 is 0 Å². The van der Waals surface area contributed by atoms with Crippen molar-refractivity contribution in [2.75, 3.05) is 40.8 Å². The number of benzene rings is 1. The SMILES string of the molecule is CN(C)CCN(C)C(CN)c1ccccc1Br. The fraction of sp³-hybridized carbons (Fsp3) is 0.538. The summed E-state index contributed by atoms with van der Waals surface area (Å²) >= 11 is 3.59. The summed E-state index contributed by atoms with van der Waals surface area (Å²) in [5.41, 5.74) is 7.17. The van der Waals surface area contributed by atoms with Gasteiger partial charge >= 0.3 is 0 Å². The minimum atomic E-state index is 0.269. The number of hydrogen-bond acceptors (Lipinski definition) is 3. The highest BCUT2D eigenvalue weighted by Crippen LogP contribution is 2.25. The van der Waals surface area contributed by atoms with Gasteiger partial charge in [-0.15, -0.1) is 0 Å². The maximum atomic E-state index is 5.90. The van der Waals surface area contributed by atoms with Crippen molar-refractivity contribution in [2.45, 2.75) is 6.04 Å². The summed E-state index contributed by atoms with van der Waals surface area (Å²) < 4.78 is 1.13. The lowest BCUT2D eigenvalue weighted by molar-refractivity contribution is 0.222. The predicted octanol–water partition coefficient (Wildman–Crippen LogP) is 1.94. The van der Waals surface area contributed by atoms with Crippen molar-refractivity contribution < 1.29 is 0 Å². The van der Waals surface area contributed by atoms with Gasteiger partial charge in [-0.3, -0.25) is 4.90 Å². The van der Waals surface area contributed by atoms with Crippen LogP contribution in [0.3, 0.4) is 0 Å². The lowest BCUT2D eigenvalue weighted by Crippen LogP contribution is -2.35. The van der Waals surface area contributed by atoms with E-state index >= 15 is 0 Å². The van der Waals surface area contributed by atoms with Gasteiger partial charge in [-0.2, -0.15) is 0 Å². The molecule has 1 rings (SSSR count). The Bertz CT molecular complexity index is 341. The topological polar surface area (TPSA) is 32.5 Å². The van der Waals surface area contributed by atoms with Crippen LogP contribution in [0.1, 0.15) is 11.6 Å². The summed E-state index contributed by atoms with van der Waals surface area (Å²) in [4.78, 5) is 4.49. The maximum Gasteiger partial charge on any atom is 0.0479 e. The molecule has 0 amide bonds. The van der Waals surface area contributed by atoms with Gasteiger partial charge in [0, 0.05) is 30.1 Å². The minimum absolute atomic E-state index is 0.269. The first kappa shape index (κ1) is 14.6. The monoisotopic (exact) mass is 299 g/mol. The molecule has 1 aromatic rings. The van der Waals surface area contributed by atoms with E-state index in [-0.39, 0.29) is 6.04 Å². The quantitative estimate of drug-likeness (QED) is 0.871. The Kier molecular flexibility index (Phi) is 6.12. The van der Waals surface area contributed by atoms with Crippen LogP contribution in [0.2, 0.25) is 0 Å². The summed E-state index contributed by atoms with van der Waals surface area (Å²) in [5, 5.41) is 0. The molecule has 0 saturated carbocycles. The highest BCUT2D eigenvalue weighted by Gasteiger charge is 2.17. The zero-order chi connectivity index (χ0) is 12.8. The largest absolute Gasteiger partial charge is 0.329 e. The molecule has 0 aliphatic rings. The Morgan fingerprint density at radius 3 is 2.35 bits per heavy atom. The maximum absolute atomic E-state index is 5.90. The third kappa shape index (κ3) is 4.39. The average molecular weight is 300 g/mol. The van der Waals surface area contributed by atoms with Crippen molar-refractivity contribution in [3.63, 3.8) is 0 Å². The van der Waals surface area contributed by atoms with Crippen molar-refractivity contribution >= 4 is 15.9 Å². The number of nitrogens with zero attached hydrogens (tertiary/aromatic N) is 2. The average Bonchev–Trinajstić information content (AvgIpc) is 2.30. The Morgan fingerprint density at radius 1 is 1.18 bits per heavy atom.